The lowest BCUT2D eigenvalue weighted by Crippen LogP contribution is -2.19. The van der Waals surface area contributed by atoms with Crippen LogP contribution in [0.2, 0.25) is 0 Å². The van der Waals surface area contributed by atoms with Crippen molar-refractivity contribution in [3.63, 3.8) is 0 Å². The minimum Gasteiger partial charge on any atom is -0.372 e. The summed E-state index contributed by atoms with van der Waals surface area (Å²) >= 11 is 0. The fraction of sp³-hybridized carbons (Fsp3) is 0.818. The molecule has 0 aromatic heterocycles. The van der Waals surface area contributed by atoms with Crippen molar-refractivity contribution in [3.8, 4) is 0 Å². The Morgan fingerprint density at radius 2 is 2.23 bits per heavy atom. The standard InChI is InChI=1S/C11H21NO/c1-11(2)8-7-10(13-11)6-4-3-5-9-12/h3-4,10H,5-9,12H2,1-2H3/b4-3+. The van der Waals surface area contributed by atoms with E-state index in [1.807, 2.05) is 0 Å². The summed E-state index contributed by atoms with van der Waals surface area (Å²) in [7, 11) is 0. The first-order valence-electron chi connectivity index (χ1n) is 5.17. The molecule has 0 bridgehead atoms. The highest BCUT2D eigenvalue weighted by Crippen LogP contribution is 2.30. The molecule has 0 amide bonds. The average molecular weight is 183 g/mol. The largest absolute Gasteiger partial charge is 0.372 e. The van der Waals surface area contributed by atoms with E-state index >= 15 is 0 Å². The molecule has 1 heterocycles. The van der Waals surface area contributed by atoms with Gasteiger partial charge in [-0.05, 0) is 46.1 Å². The Morgan fingerprint density at radius 3 is 2.77 bits per heavy atom. The molecule has 1 rings (SSSR count). The smallest absolute Gasteiger partial charge is 0.0631 e. The van der Waals surface area contributed by atoms with Crippen molar-refractivity contribution in [1.29, 1.82) is 0 Å². The Bertz CT molecular complexity index is 175. The van der Waals surface area contributed by atoms with Gasteiger partial charge in [-0.15, -0.1) is 0 Å². The highest BCUT2D eigenvalue weighted by atomic mass is 16.5. The van der Waals surface area contributed by atoms with Crippen molar-refractivity contribution in [2.45, 2.75) is 51.2 Å². The maximum absolute atomic E-state index is 5.85. The molecule has 1 aliphatic rings. The van der Waals surface area contributed by atoms with E-state index < -0.39 is 0 Å². The van der Waals surface area contributed by atoms with Crippen LogP contribution in [0.15, 0.2) is 12.2 Å². The first-order valence-corrected chi connectivity index (χ1v) is 5.17. The summed E-state index contributed by atoms with van der Waals surface area (Å²) in [6.45, 7) is 5.07. The number of hydrogen-bond donors (Lipinski definition) is 1. The van der Waals surface area contributed by atoms with Gasteiger partial charge in [-0.25, -0.2) is 0 Å². The number of hydrogen-bond acceptors (Lipinski definition) is 2. The maximum atomic E-state index is 5.85. The maximum Gasteiger partial charge on any atom is 0.0631 e. The molecule has 2 N–H and O–H groups in total. The third kappa shape index (κ3) is 3.92. The summed E-state index contributed by atoms with van der Waals surface area (Å²) in [5, 5.41) is 0. The fourth-order valence-electron chi connectivity index (χ4n) is 1.71. The lowest BCUT2D eigenvalue weighted by Gasteiger charge is -2.18. The van der Waals surface area contributed by atoms with Crippen molar-refractivity contribution in [2.24, 2.45) is 5.73 Å². The molecule has 0 saturated carbocycles. The molecule has 0 aliphatic carbocycles. The van der Waals surface area contributed by atoms with E-state index in [2.05, 4.69) is 26.0 Å². The first kappa shape index (κ1) is 10.7. The molecular weight excluding hydrogens is 162 g/mol. The Labute approximate surface area is 81.1 Å². The van der Waals surface area contributed by atoms with Gasteiger partial charge in [0.1, 0.15) is 0 Å². The third-order valence-corrected chi connectivity index (χ3v) is 2.45. The number of nitrogens with two attached hydrogens (primary N) is 1. The molecule has 0 aromatic rings. The van der Waals surface area contributed by atoms with Crippen LogP contribution in [0, 0.1) is 0 Å². The Kier molecular flexibility index (Phi) is 3.94. The second-order valence-electron chi connectivity index (χ2n) is 4.32. The lowest BCUT2D eigenvalue weighted by atomic mass is 10.0. The van der Waals surface area contributed by atoms with Crippen molar-refractivity contribution < 1.29 is 4.74 Å². The van der Waals surface area contributed by atoms with Gasteiger partial charge in [-0.2, -0.15) is 0 Å². The Morgan fingerprint density at radius 1 is 1.46 bits per heavy atom. The summed E-state index contributed by atoms with van der Waals surface area (Å²) in [5.41, 5.74) is 5.49. The molecule has 13 heavy (non-hydrogen) atoms. The topological polar surface area (TPSA) is 35.2 Å². The van der Waals surface area contributed by atoms with E-state index in [4.69, 9.17) is 10.5 Å². The molecule has 1 aliphatic heterocycles. The van der Waals surface area contributed by atoms with Gasteiger partial charge in [0.2, 0.25) is 0 Å². The first-order chi connectivity index (χ1) is 6.14. The monoisotopic (exact) mass is 183 g/mol. The summed E-state index contributed by atoms with van der Waals surface area (Å²) < 4.78 is 5.85. The number of ether oxygens (including phenoxy) is 1. The van der Waals surface area contributed by atoms with E-state index in [-0.39, 0.29) is 5.60 Å². The third-order valence-electron chi connectivity index (χ3n) is 2.45. The van der Waals surface area contributed by atoms with Gasteiger partial charge in [0.25, 0.3) is 0 Å². The van der Waals surface area contributed by atoms with E-state index in [1.165, 1.54) is 12.8 Å². The quantitative estimate of drug-likeness (QED) is 0.678. The Hall–Kier alpha value is -0.340. The summed E-state index contributed by atoms with van der Waals surface area (Å²) in [5.74, 6) is 0. The van der Waals surface area contributed by atoms with E-state index in [0.717, 1.165) is 19.4 Å². The SMILES string of the molecule is CC1(C)CCC(C/C=C/CCN)O1. The lowest BCUT2D eigenvalue weighted by molar-refractivity contribution is -0.0134. The van der Waals surface area contributed by atoms with Gasteiger partial charge in [0.05, 0.1) is 11.7 Å². The van der Waals surface area contributed by atoms with E-state index in [1.54, 1.807) is 0 Å². The second kappa shape index (κ2) is 4.77. The zero-order valence-electron chi connectivity index (χ0n) is 8.75. The van der Waals surface area contributed by atoms with Crippen LogP contribution in [0.5, 0.6) is 0 Å². The van der Waals surface area contributed by atoms with Gasteiger partial charge in [0.15, 0.2) is 0 Å². The van der Waals surface area contributed by atoms with E-state index in [0.29, 0.717) is 6.10 Å². The highest BCUT2D eigenvalue weighted by molar-refractivity contribution is 4.89. The minimum absolute atomic E-state index is 0.104. The molecule has 0 aromatic carbocycles. The molecular formula is C11H21NO. The van der Waals surface area contributed by atoms with Gasteiger partial charge in [-0.1, -0.05) is 12.2 Å². The van der Waals surface area contributed by atoms with Crippen molar-refractivity contribution in [3.05, 3.63) is 12.2 Å². The average Bonchev–Trinajstić information content (AvgIpc) is 2.40. The van der Waals surface area contributed by atoms with Crippen molar-refractivity contribution in [2.75, 3.05) is 6.54 Å². The number of rotatable bonds is 4. The fourth-order valence-corrected chi connectivity index (χ4v) is 1.71. The van der Waals surface area contributed by atoms with Crippen LogP contribution in [0.25, 0.3) is 0 Å². The highest BCUT2D eigenvalue weighted by Gasteiger charge is 2.30. The van der Waals surface area contributed by atoms with Gasteiger partial charge < -0.3 is 10.5 Å². The van der Waals surface area contributed by atoms with Crippen LogP contribution in [-0.2, 0) is 4.74 Å². The molecule has 1 atom stereocenters. The molecule has 0 spiro atoms. The van der Waals surface area contributed by atoms with Crippen molar-refractivity contribution in [1.82, 2.24) is 0 Å². The molecule has 1 unspecified atom stereocenters. The molecule has 76 valence electrons. The van der Waals surface area contributed by atoms with Crippen LogP contribution < -0.4 is 5.73 Å². The molecule has 0 radical (unpaired) electrons. The summed E-state index contributed by atoms with van der Waals surface area (Å²) in [4.78, 5) is 0. The van der Waals surface area contributed by atoms with Crippen LogP contribution in [-0.4, -0.2) is 18.2 Å². The minimum atomic E-state index is 0.104. The second-order valence-corrected chi connectivity index (χ2v) is 4.32. The molecule has 2 nitrogen and oxygen atoms in total. The van der Waals surface area contributed by atoms with Crippen LogP contribution in [0.3, 0.4) is 0 Å². The predicted molar refractivity (Wildman–Crippen MR) is 55.6 cm³/mol. The zero-order valence-corrected chi connectivity index (χ0v) is 8.75. The summed E-state index contributed by atoms with van der Waals surface area (Å²) in [6.07, 6.45) is 9.18. The Balaban J connectivity index is 2.17. The van der Waals surface area contributed by atoms with Gasteiger partial charge in [0, 0.05) is 0 Å². The molecule has 2 heteroatoms. The van der Waals surface area contributed by atoms with Crippen LogP contribution in [0.4, 0.5) is 0 Å². The van der Waals surface area contributed by atoms with Crippen LogP contribution >= 0.6 is 0 Å². The van der Waals surface area contributed by atoms with Gasteiger partial charge in [-0.3, -0.25) is 0 Å². The molecule has 1 fully saturated rings. The van der Waals surface area contributed by atoms with E-state index in [9.17, 15) is 0 Å². The normalized spacial score (nSPS) is 27.2. The predicted octanol–water partition coefficient (Wildman–Crippen LogP) is 2.24. The zero-order chi connectivity index (χ0) is 9.73. The van der Waals surface area contributed by atoms with Crippen molar-refractivity contribution >= 4 is 0 Å². The van der Waals surface area contributed by atoms with Gasteiger partial charge >= 0.3 is 0 Å². The summed E-state index contributed by atoms with van der Waals surface area (Å²) in [6, 6.07) is 0. The van der Waals surface area contributed by atoms with Crippen LogP contribution in [0.1, 0.15) is 39.5 Å². The molecule has 1 saturated heterocycles.